The minimum absolute atomic E-state index is 0.431. The fourth-order valence-corrected chi connectivity index (χ4v) is 1.86. The minimum atomic E-state index is 0.431. The lowest BCUT2D eigenvalue weighted by atomic mass is 10.2. The molecule has 0 bridgehead atoms. The van der Waals surface area contributed by atoms with Crippen molar-refractivity contribution in [2.45, 2.75) is 13.5 Å². The average Bonchev–Trinajstić information content (AvgIpc) is 2.46. The fraction of sp³-hybridized carbons (Fsp3) is 0.214. The van der Waals surface area contributed by atoms with Crippen LogP contribution in [-0.2, 0) is 6.54 Å². The van der Waals surface area contributed by atoms with Crippen LogP contribution in [-0.4, -0.2) is 16.5 Å². The lowest BCUT2D eigenvalue weighted by Crippen LogP contribution is -2.24. The summed E-state index contributed by atoms with van der Waals surface area (Å²) >= 11 is 0. The number of rotatable bonds is 4. The van der Waals surface area contributed by atoms with Crippen molar-refractivity contribution in [3.8, 4) is 6.07 Å². The molecule has 0 amide bonds. The Balaban J connectivity index is 2.31. The molecule has 19 heavy (non-hydrogen) atoms. The van der Waals surface area contributed by atoms with Crippen LogP contribution in [0.1, 0.15) is 18.1 Å². The molecule has 0 radical (unpaired) electrons. The highest BCUT2D eigenvalue weighted by atomic mass is 15.2. The molecule has 96 valence electrons. The summed E-state index contributed by atoms with van der Waals surface area (Å²) in [4.78, 5) is 10.3. The predicted octanol–water partition coefficient (Wildman–Crippen LogP) is 1.96. The lowest BCUT2D eigenvalue weighted by molar-refractivity contribution is 0.814. The van der Waals surface area contributed by atoms with Gasteiger partial charge < -0.3 is 10.6 Å². The number of nitrogens with zero attached hydrogens (tertiary/aromatic N) is 4. The van der Waals surface area contributed by atoms with E-state index in [-0.39, 0.29) is 0 Å². The Bertz CT molecular complexity index is 589. The number of nitrogens with two attached hydrogens (primary N) is 1. The first-order valence-corrected chi connectivity index (χ1v) is 6.04. The molecule has 0 spiro atoms. The summed E-state index contributed by atoms with van der Waals surface area (Å²) in [7, 11) is 0. The van der Waals surface area contributed by atoms with Crippen molar-refractivity contribution in [2.24, 2.45) is 0 Å². The third-order valence-corrected chi connectivity index (χ3v) is 2.89. The Morgan fingerprint density at radius 1 is 1.26 bits per heavy atom. The van der Waals surface area contributed by atoms with Crippen molar-refractivity contribution in [3.63, 3.8) is 0 Å². The molecule has 2 aromatic rings. The lowest BCUT2D eigenvalue weighted by Gasteiger charge is -2.23. The van der Waals surface area contributed by atoms with Crippen LogP contribution in [0.2, 0.25) is 0 Å². The average molecular weight is 253 g/mol. The van der Waals surface area contributed by atoms with Gasteiger partial charge in [0.05, 0.1) is 11.3 Å². The summed E-state index contributed by atoms with van der Waals surface area (Å²) in [6, 6.07) is 7.60. The van der Waals surface area contributed by atoms with Gasteiger partial charge in [0.2, 0.25) is 0 Å². The van der Waals surface area contributed by atoms with Crippen molar-refractivity contribution in [3.05, 3.63) is 47.9 Å². The topological polar surface area (TPSA) is 78.8 Å². The van der Waals surface area contributed by atoms with E-state index in [4.69, 9.17) is 11.0 Å². The standard InChI is InChI=1S/C14H15N5/c1-2-19(10-11-3-6-17-7-4-11)14-13(16)12(9-15)5-8-18-14/h3-8H,2,10,16H2,1H3. The zero-order chi connectivity index (χ0) is 13.7. The smallest absolute Gasteiger partial charge is 0.153 e. The zero-order valence-corrected chi connectivity index (χ0v) is 10.7. The Hall–Kier alpha value is -2.61. The van der Waals surface area contributed by atoms with Gasteiger partial charge in [-0.05, 0) is 30.7 Å². The van der Waals surface area contributed by atoms with E-state index in [0.717, 1.165) is 12.1 Å². The molecule has 0 aliphatic rings. The fourth-order valence-electron chi connectivity index (χ4n) is 1.86. The molecule has 2 heterocycles. The van der Waals surface area contributed by atoms with E-state index >= 15 is 0 Å². The van der Waals surface area contributed by atoms with Gasteiger partial charge in [-0.1, -0.05) is 0 Å². The molecule has 0 atom stereocenters. The molecular formula is C14H15N5. The highest BCUT2D eigenvalue weighted by Gasteiger charge is 2.13. The number of nitriles is 1. The van der Waals surface area contributed by atoms with Crippen LogP contribution in [0.4, 0.5) is 11.5 Å². The molecule has 2 N–H and O–H groups in total. The Morgan fingerprint density at radius 3 is 2.63 bits per heavy atom. The summed E-state index contributed by atoms with van der Waals surface area (Å²) in [6.07, 6.45) is 5.12. The molecule has 0 saturated heterocycles. The molecule has 0 saturated carbocycles. The third-order valence-electron chi connectivity index (χ3n) is 2.89. The van der Waals surface area contributed by atoms with Gasteiger partial charge in [-0.3, -0.25) is 4.98 Å². The molecule has 0 fully saturated rings. The van der Waals surface area contributed by atoms with Gasteiger partial charge in [-0.25, -0.2) is 4.98 Å². The molecule has 0 aliphatic heterocycles. The van der Waals surface area contributed by atoms with Crippen molar-refractivity contribution in [1.82, 2.24) is 9.97 Å². The maximum absolute atomic E-state index is 9.00. The molecule has 2 aromatic heterocycles. The van der Waals surface area contributed by atoms with Gasteiger partial charge in [0.25, 0.3) is 0 Å². The number of hydrogen-bond acceptors (Lipinski definition) is 5. The van der Waals surface area contributed by atoms with E-state index in [1.807, 2.05) is 24.0 Å². The van der Waals surface area contributed by atoms with E-state index < -0.39 is 0 Å². The summed E-state index contributed by atoms with van der Waals surface area (Å²) < 4.78 is 0. The quantitative estimate of drug-likeness (QED) is 0.901. The van der Waals surface area contributed by atoms with Gasteiger partial charge in [-0.2, -0.15) is 5.26 Å². The van der Waals surface area contributed by atoms with Crippen LogP contribution in [0.15, 0.2) is 36.8 Å². The number of aromatic nitrogens is 2. The van der Waals surface area contributed by atoms with Gasteiger partial charge in [0.15, 0.2) is 5.82 Å². The third kappa shape index (κ3) is 2.80. The summed E-state index contributed by atoms with van der Waals surface area (Å²) in [5.74, 6) is 0.651. The molecule has 2 rings (SSSR count). The van der Waals surface area contributed by atoms with Crippen LogP contribution in [0.3, 0.4) is 0 Å². The predicted molar refractivity (Wildman–Crippen MR) is 74.3 cm³/mol. The first-order chi connectivity index (χ1) is 9.26. The van der Waals surface area contributed by atoms with E-state index in [1.165, 1.54) is 0 Å². The molecule has 0 unspecified atom stereocenters. The maximum atomic E-state index is 9.00. The van der Waals surface area contributed by atoms with Gasteiger partial charge in [-0.15, -0.1) is 0 Å². The monoisotopic (exact) mass is 253 g/mol. The second-order valence-electron chi connectivity index (χ2n) is 4.08. The molecule has 0 aromatic carbocycles. The summed E-state index contributed by atoms with van der Waals surface area (Å²) in [5, 5.41) is 9.00. The minimum Gasteiger partial charge on any atom is -0.395 e. The van der Waals surface area contributed by atoms with Crippen LogP contribution in [0, 0.1) is 11.3 Å². The maximum Gasteiger partial charge on any atom is 0.153 e. The normalized spacial score (nSPS) is 9.89. The van der Waals surface area contributed by atoms with E-state index in [9.17, 15) is 0 Å². The van der Waals surface area contributed by atoms with Crippen molar-refractivity contribution in [2.75, 3.05) is 17.2 Å². The van der Waals surface area contributed by atoms with Crippen molar-refractivity contribution < 1.29 is 0 Å². The number of pyridine rings is 2. The Morgan fingerprint density at radius 2 is 2.00 bits per heavy atom. The van der Waals surface area contributed by atoms with Crippen molar-refractivity contribution >= 4 is 11.5 Å². The molecule has 5 nitrogen and oxygen atoms in total. The summed E-state index contributed by atoms with van der Waals surface area (Å²) in [6.45, 7) is 3.47. The number of nitrogen functional groups attached to an aromatic ring is 1. The number of hydrogen-bond donors (Lipinski definition) is 1. The van der Waals surface area contributed by atoms with Gasteiger partial charge in [0, 0.05) is 31.7 Å². The van der Waals surface area contributed by atoms with Crippen molar-refractivity contribution in [1.29, 1.82) is 5.26 Å². The van der Waals surface area contributed by atoms with Gasteiger partial charge >= 0.3 is 0 Å². The molecule has 0 aliphatic carbocycles. The highest BCUT2D eigenvalue weighted by molar-refractivity contribution is 5.70. The van der Waals surface area contributed by atoms with Gasteiger partial charge in [0.1, 0.15) is 6.07 Å². The Labute approximate surface area is 112 Å². The first kappa shape index (κ1) is 12.8. The zero-order valence-electron chi connectivity index (χ0n) is 10.7. The summed E-state index contributed by atoms with van der Waals surface area (Å²) in [5.41, 5.74) is 8.00. The second-order valence-corrected chi connectivity index (χ2v) is 4.08. The largest absolute Gasteiger partial charge is 0.395 e. The van der Waals surface area contributed by atoms with E-state index in [2.05, 4.69) is 16.0 Å². The first-order valence-electron chi connectivity index (χ1n) is 6.04. The van der Waals surface area contributed by atoms with Crippen LogP contribution < -0.4 is 10.6 Å². The molecular weight excluding hydrogens is 238 g/mol. The molecule has 5 heteroatoms. The second kappa shape index (κ2) is 5.83. The van der Waals surface area contributed by atoms with Crippen LogP contribution in [0.5, 0.6) is 0 Å². The van der Waals surface area contributed by atoms with E-state index in [1.54, 1.807) is 24.7 Å². The van der Waals surface area contributed by atoms with E-state index in [0.29, 0.717) is 23.6 Å². The highest BCUT2D eigenvalue weighted by Crippen LogP contribution is 2.24. The van der Waals surface area contributed by atoms with Crippen LogP contribution in [0.25, 0.3) is 0 Å². The Kier molecular flexibility index (Phi) is 3.94. The van der Waals surface area contributed by atoms with Crippen LogP contribution >= 0.6 is 0 Å². The SMILES string of the molecule is CCN(Cc1ccncc1)c1nccc(C#N)c1N. The number of anilines is 2.